The predicted molar refractivity (Wildman–Crippen MR) is 99.1 cm³/mol. The zero-order valence-electron chi connectivity index (χ0n) is 15.1. The summed E-state index contributed by atoms with van der Waals surface area (Å²) < 4.78 is 26.9. The fraction of sp³-hybridized carbons (Fsp3) is 0.333. The molecule has 0 spiro atoms. The fourth-order valence-corrected chi connectivity index (χ4v) is 4.23. The molecule has 0 N–H and O–H groups in total. The molecule has 7 nitrogen and oxygen atoms in total. The number of hydrogen-bond donors (Lipinski definition) is 0. The molecule has 0 radical (unpaired) electrons. The van der Waals surface area contributed by atoms with Gasteiger partial charge in [-0.3, -0.25) is 0 Å². The van der Waals surface area contributed by atoms with Crippen LogP contribution in [-0.2, 0) is 16.6 Å². The Hall–Kier alpha value is -2.45. The van der Waals surface area contributed by atoms with Gasteiger partial charge < -0.3 is 4.84 Å². The number of aryl methyl sites for hydroxylation is 1. The molecule has 0 aliphatic heterocycles. The van der Waals surface area contributed by atoms with E-state index in [1.165, 1.54) is 9.15 Å². The third kappa shape index (κ3) is 3.42. The zero-order chi connectivity index (χ0) is 18.7. The number of sulfonamides is 1. The van der Waals surface area contributed by atoms with E-state index in [9.17, 15) is 8.42 Å². The highest BCUT2D eigenvalue weighted by atomic mass is 32.2. The molecule has 0 unspecified atom stereocenters. The Bertz CT molecular complexity index is 1010. The average Bonchev–Trinajstić information content (AvgIpc) is 3.04. The highest BCUT2D eigenvalue weighted by Crippen LogP contribution is 2.20. The van der Waals surface area contributed by atoms with E-state index in [0.29, 0.717) is 30.7 Å². The van der Waals surface area contributed by atoms with Crippen molar-refractivity contribution < 1.29 is 13.3 Å². The normalized spacial score (nSPS) is 12.0. The van der Waals surface area contributed by atoms with Gasteiger partial charge in [0.25, 0.3) is 0 Å². The lowest BCUT2D eigenvalue weighted by atomic mass is 10.1. The molecular weight excluding hydrogens is 352 g/mol. The maximum Gasteiger partial charge on any atom is 0.243 e. The summed E-state index contributed by atoms with van der Waals surface area (Å²) in [7, 11) is -3.55. The van der Waals surface area contributed by atoms with Crippen molar-refractivity contribution in [3.05, 3.63) is 53.6 Å². The first-order valence-electron chi connectivity index (χ1n) is 8.50. The van der Waals surface area contributed by atoms with Crippen LogP contribution in [0.3, 0.4) is 0 Å². The van der Waals surface area contributed by atoms with Crippen molar-refractivity contribution in [1.82, 2.24) is 19.5 Å². The van der Waals surface area contributed by atoms with Gasteiger partial charge in [0.05, 0.1) is 4.90 Å². The number of rotatable bonds is 7. The van der Waals surface area contributed by atoms with Crippen molar-refractivity contribution in [2.75, 3.05) is 13.1 Å². The smallest absolute Gasteiger partial charge is 0.243 e. The minimum atomic E-state index is -3.55. The molecule has 1 heterocycles. The van der Waals surface area contributed by atoms with Gasteiger partial charge in [0, 0.05) is 13.1 Å². The molecule has 0 amide bonds. The maximum absolute atomic E-state index is 12.7. The van der Waals surface area contributed by atoms with Crippen LogP contribution in [0.2, 0.25) is 0 Å². The Kier molecular flexibility index (Phi) is 5.24. The van der Waals surface area contributed by atoms with E-state index in [4.69, 9.17) is 4.84 Å². The van der Waals surface area contributed by atoms with E-state index in [1.807, 2.05) is 45.0 Å². The van der Waals surface area contributed by atoms with Crippen LogP contribution in [0, 0.1) is 6.92 Å². The highest BCUT2D eigenvalue weighted by molar-refractivity contribution is 7.89. The van der Waals surface area contributed by atoms with Crippen LogP contribution in [0.5, 0.6) is 0 Å². The van der Waals surface area contributed by atoms with Crippen LogP contribution in [0.4, 0.5) is 0 Å². The Morgan fingerprint density at radius 2 is 1.85 bits per heavy atom. The molecule has 0 fully saturated rings. The average molecular weight is 374 g/mol. The van der Waals surface area contributed by atoms with E-state index < -0.39 is 10.0 Å². The van der Waals surface area contributed by atoms with E-state index in [0.717, 1.165) is 11.1 Å². The van der Waals surface area contributed by atoms with Crippen molar-refractivity contribution >= 4 is 21.1 Å². The quantitative estimate of drug-likeness (QED) is 0.635. The van der Waals surface area contributed by atoms with Crippen LogP contribution in [0.1, 0.15) is 25.0 Å². The lowest BCUT2D eigenvalue weighted by Gasteiger charge is -2.18. The molecule has 0 bridgehead atoms. The molecule has 1 aromatic heterocycles. The van der Waals surface area contributed by atoms with Gasteiger partial charge in [-0.25, -0.2) is 8.42 Å². The van der Waals surface area contributed by atoms with E-state index >= 15 is 0 Å². The summed E-state index contributed by atoms with van der Waals surface area (Å²) in [5, 5.41) is 8.03. The molecule has 26 heavy (non-hydrogen) atoms. The van der Waals surface area contributed by atoms with Crippen molar-refractivity contribution in [1.29, 1.82) is 0 Å². The Balaban J connectivity index is 1.92. The molecule has 0 saturated heterocycles. The maximum atomic E-state index is 12.7. The topological polar surface area (TPSA) is 77.3 Å². The molecule has 0 saturated carbocycles. The summed E-state index contributed by atoms with van der Waals surface area (Å²) in [5.41, 5.74) is 3.24. The summed E-state index contributed by atoms with van der Waals surface area (Å²) in [6, 6.07) is 12.6. The Morgan fingerprint density at radius 1 is 1.12 bits per heavy atom. The number of fused-ring (bicyclic) bond motifs is 1. The molecule has 0 atom stereocenters. The molecule has 3 aromatic rings. The van der Waals surface area contributed by atoms with Crippen LogP contribution in [-0.4, -0.2) is 41.0 Å². The van der Waals surface area contributed by atoms with Gasteiger partial charge in [0.15, 0.2) is 0 Å². The molecular formula is C18H22N4O3S. The monoisotopic (exact) mass is 374 g/mol. The minimum absolute atomic E-state index is 0.205. The summed E-state index contributed by atoms with van der Waals surface area (Å²) in [4.78, 5) is 7.23. The van der Waals surface area contributed by atoms with Crippen LogP contribution in [0.25, 0.3) is 11.0 Å². The molecule has 3 rings (SSSR count). The lowest BCUT2D eigenvalue weighted by Crippen LogP contribution is -2.30. The summed E-state index contributed by atoms with van der Waals surface area (Å²) in [5.74, 6) is 0. The van der Waals surface area contributed by atoms with Crippen molar-refractivity contribution in [3.63, 3.8) is 0 Å². The van der Waals surface area contributed by atoms with Crippen LogP contribution < -0.4 is 4.84 Å². The zero-order valence-corrected chi connectivity index (χ0v) is 15.9. The summed E-state index contributed by atoms with van der Waals surface area (Å²) >= 11 is 0. The first-order valence-corrected chi connectivity index (χ1v) is 9.94. The third-order valence-corrected chi connectivity index (χ3v) is 6.38. The van der Waals surface area contributed by atoms with Gasteiger partial charge in [-0.2, -0.15) is 4.31 Å². The summed E-state index contributed by atoms with van der Waals surface area (Å²) in [6.45, 7) is 6.79. The van der Waals surface area contributed by atoms with Crippen molar-refractivity contribution in [3.8, 4) is 0 Å². The second-order valence-electron chi connectivity index (χ2n) is 5.90. The van der Waals surface area contributed by atoms with Crippen LogP contribution in [0.15, 0.2) is 47.4 Å². The van der Waals surface area contributed by atoms with E-state index in [2.05, 4.69) is 10.3 Å². The minimum Gasteiger partial charge on any atom is -0.390 e. The highest BCUT2D eigenvalue weighted by Gasteiger charge is 2.23. The number of nitrogens with zero attached hydrogens (tertiary/aromatic N) is 4. The molecule has 8 heteroatoms. The second-order valence-corrected chi connectivity index (χ2v) is 7.84. The van der Waals surface area contributed by atoms with Gasteiger partial charge in [0.1, 0.15) is 17.6 Å². The second kappa shape index (κ2) is 7.43. The fourth-order valence-electron chi connectivity index (χ4n) is 2.75. The first-order chi connectivity index (χ1) is 12.5. The number of hydrogen-bond acceptors (Lipinski definition) is 5. The number of aromatic nitrogens is 3. The SMILES string of the molecule is CCN(CC)S(=O)(=O)c1ccc2nnn(OCc3ccccc3C)c2c1. The first kappa shape index (κ1) is 18.3. The van der Waals surface area contributed by atoms with Crippen molar-refractivity contribution in [2.24, 2.45) is 0 Å². The standard InChI is InChI=1S/C18H22N4O3S/c1-4-21(5-2)26(23,24)16-10-11-17-18(12-16)22(20-19-17)25-13-15-9-7-6-8-14(15)3/h6-12H,4-5,13H2,1-3H3. The number of benzene rings is 2. The molecule has 2 aromatic carbocycles. The molecule has 0 aliphatic carbocycles. The van der Waals surface area contributed by atoms with Gasteiger partial charge >= 0.3 is 0 Å². The van der Waals surface area contributed by atoms with Gasteiger partial charge in [0.2, 0.25) is 10.0 Å². The van der Waals surface area contributed by atoms with Crippen LogP contribution >= 0.6 is 0 Å². The molecule has 138 valence electrons. The predicted octanol–water partition coefficient (Wildman–Crippen LogP) is 2.40. The van der Waals surface area contributed by atoms with Crippen molar-refractivity contribution in [2.45, 2.75) is 32.3 Å². The Labute approximate surface area is 153 Å². The van der Waals surface area contributed by atoms with Gasteiger partial charge in [-0.05, 0) is 41.5 Å². The van der Waals surface area contributed by atoms with Gasteiger partial charge in [-0.15, -0.1) is 5.10 Å². The van der Waals surface area contributed by atoms with E-state index in [1.54, 1.807) is 18.2 Å². The summed E-state index contributed by atoms with van der Waals surface area (Å²) in [6.07, 6.45) is 0. The van der Waals surface area contributed by atoms with E-state index in [-0.39, 0.29) is 4.90 Å². The van der Waals surface area contributed by atoms with Gasteiger partial charge in [-0.1, -0.05) is 43.0 Å². The molecule has 0 aliphatic rings. The largest absolute Gasteiger partial charge is 0.390 e. The lowest BCUT2D eigenvalue weighted by molar-refractivity contribution is 0.0748. The third-order valence-electron chi connectivity index (χ3n) is 4.33. The Morgan fingerprint density at radius 3 is 2.54 bits per heavy atom.